The van der Waals surface area contributed by atoms with Gasteiger partial charge in [0.25, 0.3) is 11.8 Å². The van der Waals surface area contributed by atoms with Crippen LogP contribution in [-0.4, -0.2) is 70.8 Å². The van der Waals surface area contributed by atoms with Crippen LogP contribution in [0.5, 0.6) is 0 Å². The summed E-state index contributed by atoms with van der Waals surface area (Å²) in [4.78, 5) is 53.1. The van der Waals surface area contributed by atoms with Crippen LogP contribution in [0.3, 0.4) is 0 Å². The molecule has 3 aliphatic rings. The van der Waals surface area contributed by atoms with Crippen LogP contribution in [-0.2, 0) is 20.9 Å². The topological polar surface area (TPSA) is 122 Å². The third kappa shape index (κ3) is 3.53. The second kappa shape index (κ2) is 7.57. The molecule has 160 valence electrons. The summed E-state index contributed by atoms with van der Waals surface area (Å²) < 4.78 is 5.86. The number of fused-ring (bicyclic) bond motifs is 1. The molecule has 3 N–H and O–H groups in total. The van der Waals surface area contributed by atoms with Gasteiger partial charge in [-0.15, -0.1) is 0 Å². The molecule has 3 aliphatic heterocycles. The number of hydrogen-bond donors (Lipinski definition) is 2. The van der Waals surface area contributed by atoms with Gasteiger partial charge in [-0.1, -0.05) is 12.1 Å². The first-order chi connectivity index (χ1) is 14.2. The van der Waals surface area contributed by atoms with Gasteiger partial charge in [0.1, 0.15) is 6.04 Å². The van der Waals surface area contributed by atoms with Crippen LogP contribution < -0.4 is 11.1 Å². The van der Waals surface area contributed by atoms with Gasteiger partial charge in [-0.25, -0.2) is 0 Å². The van der Waals surface area contributed by atoms with Gasteiger partial charge >= 0.3 is 0 Å². The maximum atomic E-state index is 13.2. The molecule has 1 aromatic carbocycles. The lowest BCUT2D eigenvalue weighted by atomic mass is 9.99. The molecular formula is C21H26N4O5. The van der Waals surface area contributed by atoms with Crippen molar-refractivity contribution in [1.82, 2.24) is 15.1 Å². The van der Waals surface area contributed by atoms with Gasteiger partial charge in [0.2, 0.25) is 11.8 Å². The molecule has 30 heavy (non-hydrogen) atoms. The van der Waals surface area contributed by atoms with Crippen LogP contribution in [0.2, 0.25) is 0 Å². The number of piperidine rings is 1. The van der Waals surface area contributed by atoms with Crippen LogP contribution in [0.15, 0.2) is 18.2 Å². The van der Waals surface area contributed by atoms with Crippen LogP contribution >= 0.6 is 0 Å². The van der Waals surface area contributed by atoms with Crippen molar-refractivity contribution >= 4 is 23.6 Å². The quantitative estimate of drug-likeness (QED) is 0.667. The first-order valence-electron chi connectivity index (χ1n) is 10.1. The Balaban J connectivity index is 1.63. The smallest absolute Gasteiger partial charge is 0.262 e. The minimum atomic E-state index is -0.970. The molecule has 4 amide bonds. The molecule has 0 saturated carbocycles. The Hall–Kier alpha value is -2.62. The zero-order valence-corrected chi connectivity index (χ0v) is 17.1. The number of nitrogens with one attached hydrogen (secondary N) is 1. The second-order valence-corrected chi connectivity index (χ2v) is 8.65. The van der Waals surface area contributed by atoms with Crippen molar-refractivity contribution < 1.29 is 23.9 Å². The standard InChI is InChI=1S/C21H26N4O5/c1-21(2)11-24(13(8-22)10-30-21)9-12-4-3-5-14-17(12)20(29)25(19(14)28)15-6-7-16(26)23-18(15)27/h3-5,13,15H,6-11,22H2,1-2H3,(H,23,26,27). The fourth-order valence-corrected chi connectivity index (χ4v) is 4.43. The van der Waals surface area contributed by atoms with Crippen LogP contribution in [0.25, 0.3) is 0 Å². The van der Waals surface area contributed by atoms with Crippen molar-refractivity contribution in [3.05, 3.63) is 34.9 Å². The van der Waals surface area contributed by atoms with Gasteiger partial charge in [-0.05, 0) is 31.9 Å². The lowest BCUT2D eigenvalue weighted by Crippen LogP contribution is -2.56. The molecule has 0 radical (unpaired) electrons. The zero-order valence-electron chi connectivity index (χ0n) is 17.1. The highest BCUT2D eigenvalue weighted by Gasteiger charge is 2.46. The molecule has 0 bridgehead atoms. The van der Waals surface area contributed by atoms with Crippen molar-refractivity contribution in [2.75, 3.05) is 19.7 Å². The Bertz CT molecular complexity index is 928. The first kappa shape index (κ1) is 20.6. The Labute approximate surface area is 174 Å². The fraction of sp³-hybridized carbons (Fsp3) is 0.524. The number of morpholine rings is 1. The van der Waals surface area contributed by atoms with Gasteiger partial charge in [-0.3, -0.25) is 34.3 Å². The maximum absolute atomic E-state index is 13.2. The normalized spacial score (nSPS) is 26.7. The molecule has 2 fully saturated rings. The van der Waals surface area contributed by atoms with Gasteiger partial charge in [0.15, 0.2) is 0 Å². The number of amides is 4. The largest absolute Gasteiger partial charge is 0.373 e. The Morgan fingerprint density at radius 2 is 1.97 bits per heavy atom. The van der Waals surface area contributed by atoms with E-state index in [4.69, 9.17) is 10.5 Å². The predicted octanol–water partition coefficient (Wildman–Crippen LogP) is 0.0259. The lowest BCUT2D eigenvalue weighted by molar-refractivity contribution is -0.136. The summed E-state index contributed by atoms with van der Waals surface area (Å²) in [5.41, 5.74) is 6.91. The number of benzene rings is 1. The summed E-state index contributed by atoms with van der Waals surface area (Å²) in [7, 11) is 0. The number of nitrogens with zero attached hydrogens (tertiary/aromatic N) is 2. The number of nitrogens with two attached hydrogens (primary N) is 1. The lowest BCUT2D eigenvalue weighted by Gasteiger charge is -2.43. The molecule has 0 aliphatic carbocycles. The molecule has 0 spiro atoms. The minimum absolute atomic E-state index is 0.00678. The van der Waals surface area contributed by atoms with Crippen molar-refractivity contribution in [3.8, 4) is 0 Å². The summed E-state index contributed by atoms with van der Waals surface area (Å²) in [5.74, 6) is -1.99. The molecule has 9 heteroatoms. The Morgan fingerprint density at radius 1 is 1.20 bits per heavy atom. The number of hydrogen-bond acceptors (Lipinski definition) is 7. The van der Waals surface area contributed by atoms with Crippen LogP contribution in [0, 0.1) is 0 Å². The van der Waals surface area contributed by atoms with Crippen molar-refractivity contribution in [2.24, 2.45) is 5.73 Å². The molecule has 9 nitrogen and oxygen atoms in total. The maximum Gasteiger partial charge on any atom is 0.262 e. The number of carbonyl (C=O) groups is 4. The van der Waals surface area contributed by atoms with E-state index in [1.54, 1.807) is 12.1 Å². The molecule has 1 aromatic rings. The number of carbonyl (C=O) groups excluding carboxylic acids is 4. The van der Waals surface area contributed by atoms with E-state index >= 15 is 0 Å². The highest BCUT2D eigenvalue weighted by molar-refractivity contribution is 6.24. The zero-order chi connectivity index (χ0) is 21.6. The van der Waals surface area contributed by atoms with E-state index in [0.29, 0.717) is 37.4 Å². The average Bonchev–Trinajstić information content (AvgIpc) is 2.93. The van der Waals surface area contributed by atoms with Crippen LogP contribution in [0.1, 0.15) is 53.0 Å². The van der Waals surface area contributed by atoms with Crippen molar-refractivity contribution in [2.45, 2.75) is 50.9 Å². The van der Waals surface area contributed by atoms with E-state index < -0.39 is 29.7 Å². The molecule has 4 rings (SSSR count). The van der Waals surface area contributed by atoms with Gasteiger partial charge in [-0.2, -0.15) is 0 Å². The SMILES string of the molecule is CC1(C)CN(Cc2cccc3c2C(=O)N(C2CCC(=O)NC2=O)C3=O)C(CN)CO1. The van der Waals surface area contributed by atoms with Gasteiger partial charge < -0.3 is 10.5 Å². The highest BCUT2D eigenvalue weighted by Crippen LogP contribution is 2.31. The molecule has 3 heterocycles. The molecular weight excluding hydrogens is 388 g/mol. The molecule has 2 saturated heterocycles. The van der Waals surface area contributed by atoms with Gasteiger partial charge in [0, 0.05) is 32.1 Å². The number of rotatable bonds is 4. The summed E-state index contributed by atoms with van der Waals surface area (Å²) in [6, 6.07) is 4.22. The summed E-state index contributed by atoms with van der Waals surface area (Å²) >= 11 is 0. The van der Waals surface area contributed by atoms with E-state index in [2.05, 4.69) is 10.2 Å². The predicted molar refractivity (Wildman–Crippen MR) is 106 cm³/mol. The van der Waals surface area contributed by atoms with E-state index in [0.717, 1.165) is 10.5 Å². The molecule has 0 aromatic heterocycles. The van der Waals surface area contributed by atoms with Gasteiger partial charge in [0.05, 0.1) is 23.3 Å². The summed E-state index contributed by atoms with van der Waals surface area (Å²) in [5, 5.41) is 2.22. The Kier molecular flexibility index (Phi) is 5.21. The van der Waals surface area contributed by atoms with E-state index in [-0.39, 0.29) is 24.5 Å². The number of imide groups is 2. The van der Waals surface area contributed by atoms with Crippen LogP contribution in [0.4, 0.5) is 0 Å². The summed E-state index contributed by atoms with van der Waals surface area (Å²) in [6.45, 7) is 5.99. The van der Waals surface area contributed by atoms with Crippen molar-refractivity contribution in [3.63, 3.8) is 0 Å². The Morgan fingerprint density at radius 3 is 2.67 bits per heavy atom. The average molecular weight is 414 g/mol. The third-order valence-corrected chi connectivity index (χ3v) is 5.97. The van der Waals surface area contributed by atoms with E-state index in [1.807, 2.05) is 19.9 Å². The second-order valence-electron chi connectivity index (χ2n) is 8.65. The van der Waals surface area contributed by atoms with Crippen molar-refractivity contribution in [1.29, 1.82) is 0 Å². The monoisotopic (exact) mass is 414 g/mol. The summed E-state index contributed by atoms with van der Waals surface area (Å²) in [6.07, 6.45) is 0.232. The minimum Gasteiger partial charge on any atom is -0.373 e. The third-order valence-electron chi connectivity index (χ3n) is 5.97. The number of ether oxygens (including phenoxy) is 1. The molecule has 2 atom stereocenters. The van der Waals surface area contributed by atoms with E-state index in [9.17, 15) is 19.2 Å². The fourth-order valence-electron chi connectivity index (χ4n) is 4.43. The molecule has 2 unspecified atom stereocenters. The van der Waals surface area contributed by atoms with E-state index in [1.165, 1.54) is 0 Å². The highest BCUT2D eigenvalue weighted by atomic mass is 16.5. The first-order valence-corrected chi connectivity index (χ1v) is 10.1.